The molecule has 0 aromatic heterocycles. The molecule has 0 bridgehead atoms. The lowest BCUT2D eigenvalue weighted by atomic mass is 10.1. The molecule has 0 unspecified atom stereocenters. The molecule has 0 heterocycles. The molecule has 3 aromatic rings. The minimum Gasteiger partial charge on any atom is -0.326 e. The first-order valence-corrected chi connectivity index (χ1v) is 7.41. The van der Waals surface area contributed by atoms with Crippen molar-refractivity contribution in [3.05, 3.63) is 71.8 Å². The van der Waals surface area contributed by atoms with Gasteiger partial charge in [0.25, 0.3) is 0 Å². The number of nitrogens with one attached hydrogen (secondary N) is 3. The summed E-state index contributed by atoms with van der Waals surface area (Å²) in [5.74, 6) is -2.20. The van der Waals surface area contributed by atoms with E-state index < -0.39 is 23.4 Å². The summed E-state index contributed by atoms with van der Waals surface area (Å²) in [5.41, 5.74) is -1.14. The van der Waals surface area contributed by atoms with Gasteiger partial charge in [-0.05, 0) is 41.8 Å². The van der Waals surface area contributed by atoms with Crippen molar-refractivity contribution >= 4 is 28.1 Å². The van der Waals surface area contributed by atoms with E-state index in [2.05, 4.69) is 10.6 Å². The first-order valence-electron chi connectivity index (χ1n) is 7.41. The van der Waals surface area contributed by atoms with E-state index in [1.807, 2.05) is 0 Å². The van der Waals surface area contributed by atoms with Crippen LogP contribution in [0.4, 0.5) is 33.3 Å². The average molecular weight is 365 g/mol. The predicted octanol–water partition coefficient (Wildman–Crippen LogP) is 5.60. The molecule has 0 saturated carbocycles. The molecular weight excluding hydrogens is 353 g/mol. The van der Waals surface area contributed by atoms with Gasteiger partial charge in [0.15, 0.2) is 5.96 Å². The Bertz CT molecular complexity index is 982. The smallest absolute Gasteiger partial charge is 0.326 e. The van der Waals surface area contributed by atoms with Crippen LogP contribution in [0.15, 0.2) is 54.6 Å². The summed E-state index contributed by atoms with van der Waals surface area (Å²) in [4.78, 5) is 0. The topological polar surface area (TPSA) is 47.9 Å². The zero-order chi connectivity index (χ0) is 18.9. The van der Waals surface area contributed by atoms with Gasteiger partial charge in [0.2, 0.25) is 0 Å². The van der Waals surface area contributed by atoms with Crippen molar-refractivity contribution in [3.63, 3.8) is 0 Å². The lowest BCUT2D eigenvalue weighted by Crippen LogP contribution is -2.21. The molecular formula is C18H12F5N3. The molecule has 0 aliphatic carbocycles. The van der Waals surface area contributed by atoms with E-state index in [1.165, 1.54) is 12.1 Å². The minimum absolute atomic E-state index is 0.109. The molecule has 3 N–H and O–H groups in total. The maximum absolute atomic E-state index is 13.5. The third kappa shape index (κ3) is 3.74. The van der Waals surface area contributed by atoms with Crippen LogP contribution in [0.25, 0.3) is 10.8 Å². The van der Waals surface area contributed by atoms with Crippen LogP contribution < -0.4 is 10.6 Å². The first-order chi connectivity index (χ1) is 12.2. The molecule has 0 atom stereocenters. The van der Waals surface area contributed by atoms with Gasteiger partial charge in [0, 0.05) is 16.8 Å². The number of guanidine groups is 1. The van der Waals surface area contributed by atoms with Crippen LogP contribution in [0.3, 0.4) is 0 Å². The zero-order valence-corrected chi connectivity index (χ0v) is 13.1. The fraction of sp³-hybridized carbons (Fsp3) is 0.0556. The summed E-state index contributed by atoms with van der Waals surface area (Å²) in [7, 11) is 0. The lowest BCUT2D eigenvalue weighted by molar-refractivity contribution is -0.139. The van der Waals surface area contributed by atoms with E-state index >= 15 is 0 Å². The molecule has 134 valence electrons. The molecule has 0 spiro atoms. The van der Waals surface area contributed by atoms with Crippen LogP contribution in [-0.4, -0.2) is 5.96 Å². The molecule has 0 saturated heterocycles. The van der Waals surface area contributed by atoms with Crippen molar-refractivity contribution in [2.24, 2.45) is 0 Å². The predicted molar refractivity (Wildman–Crippen MR) is 90.3 cm³/mol. The number of rotatable bonds is 2. The Balaban J connectivity index is 1.83. The van der Waals surface area contributed by atoms with Crippen molar-refractivity contribution in [2.45, 2.75) is 6.18 Å². The summed E-state index contributed by atoms with van der Waals surface area (Å²) in [5, 5.41) is 14.2. The van der Waals surface area contributed by atoms with Gasteiger partial charge in [-0.25, -0.2) is 8.78 Å². The van der Waals surface area contributed by atoms with Gasteiger partial charge < -0.3 is 10.6 Å². The highest BCUT2D eigenvalue weighted by Crippen LogP contribution is 2.33. The highest BCUT2D eigenvalue weighted by atomic mass is 19.4. The Morgan fingerprint density at radius 3 is 2.38 bits per heavy atom. The van der Waals surface area contributed by atoms with Crippen molar-refractivity contribution < 1.29 is 22.0 Å². The second kappa shape index (κ2) is 6.62. The van der Waals surface area contributed by atoms with Crippen molar-refractivity contribution in [1.82, 2.24) is 0 Å². The molecule has 3 aromatic carbocycles. The number of alkyl halides is 3. The number of anilines is 2. The van der Waals surface area contributed by atoms with Gasteiger partial charge in [-0.3, -0.25) is 5.41 Å². The molecule has 3 rings (SSSR count). The highest BCUT2D eigenvalue weighted by Gasteiger charge is 2.34. The van der Waals surface area contributed by atoms with Gasteiger partial charge >= 0.3 is 6.18 Å². The Labute approximate surface area is 145 Å². The average Bonchev–Trinajstić information content (AvgIpc) is 2.56. The third-order valence-electron chi connectivity index (χ3n) is 3.64. The van der Waals surface area contributed by atoms with E-state index in [0.29, 0.717) is 23.2 Å². The van der Waals surface area contributed by atoms with Gasteiger partial charge in [0.05, 0.1) is 5.56 Å². The van der Waals surface area contributed by atoms with E-state index in [0.717, 1.165) is 11.5 Å². The Morgan fingerprint density at radius 1 is 0.885 bits per heavy atom. The fourth-order valence-electron chi connectivity index (χ4n) is 2.48. The molecule has 0 radical (unpaired) electrons. The summed E-state index contributed by atoms with van der Waals surface area (Å²) in [6.45, 7) is 0. The summed E-state index contributed by atoms with van der Waals surface area (Å²) in [6.07, 6.45) is -4.84. The van der Waals surface area contributed by atoms with E-state index in [-0.39, 0.29) is 11.6 Å². The van der Waals surface area contributed by atoms with Crippen molar-refractivity contribution in [1.29, 1.82) is 5.41 Å². The first kappa shape index (κ1) is 17.7. The number of fused-ring (bicyclic) bond motifs is 1. The normalized spacial score (nSPS) is 11.4. The van der Waals surface area contributed by atoms with Gasteiger partial charge in [-0.15, -0.1) is 0 Å². The lowest BCUT2D eigenvalue weighted by Gasteiger charge is -2.14. The molecule has 0 aliphatic rings. The number of halogens is 5. The highest BCUT2D eigenvalue weighted by molar-refractivity contribution is 6.07. The van der Waals surface area contributed by atoms with Crippen molar-refractivity contribution in [2.75, 3.05) is 10.6 Å². The number of hydrogen-bond acceptors (Lipinski definition) is 1. The largest absolute Gasteiger partial charge is 0.419 e. The third-order valence-corrected chi connectivity index (χ3v) is 3.64. The molecule has 8 heteroatoms. The number of benzene rings is 3. The van der Waals surface area contributed by atoms with Crippen LogP contribution >= 0.6 is 0 Å². The van der Waals surface area contributed by atoms with Crippen LogP contribution in [0.2, 0.25) is 0 Å². The van der Waals surface area contributed by atoms with Gasteiger partial charge in [0.1, 0.15) is 11.6 Å². The van der Waals surface area contributed by atoms with Gasteiger partial charge in [-0.1, -0.05) is 18.2 Å². The monoisotopic (exact) mass is 365 g/mol. The zero-order valence-electron chi connectivity index (χ0n) is 13.1. The summed E-state index contributed by atoms with van der Waals surface area (Å²) >= 11 is 0. The SMILES string of the molecule is N=C(Nc1ccc(F)c(C(F)(F)F)c1)Nc1cccc2ccc(F)cc12. The second-order valence-electron chi connectivity index (χ2n) is 5.49. The van der Waals surface area contributed by atoms with Crippen LogP contribution in [0, 0.1) is 17.0 Å². The van der Waals surface area contributed by atoms with E-state index in [9.17, 15) is 22.0 Å². The molecule has 0 aliphatic heterocycles. The molecule has 0 amide bonds. The molecule has 3 nitrogen and oxygen atoms in total. The summed E-state index contributed by atoms with van der Waals surface area (Å²) in [6, 6.07) is 11.5. The van der Waals surface area contributed by atoms with Crippen molar-refractivity contribution in [3.8, 4) is 0 Å². The van der Waals surface area contributed by atoms with E-state index in [1.54, 1.807) is 24.3 Å². The number of hydrogen-bond donors (Lipinski definition) is 3. The maximum Gasteiger partial charge on any atom is 0.419 e. The quantitative estimate of drug-likeness (QED) is 0.315. The van der Waals surface area contributed by atoms with Crippen LogP contribution in [0.5, 0.6) is 0 Å². The Morgan fingerprint density at radius 2 is 1.65 bits per heavy atom. The van der Waals surface area contributed by atoms with Crippen LogP contribution in [0.1, 0.15) is 5.56 Å². The Kier molecular flexibility index (Phi) is 4.50. The minimum atomic E-state index is -4.84. The Hall–Kier alpha value is -3.16. The summed E-state index contributed by atoms with van der Waals surface area (Å²) < 4.78 is 65.0. The fourth-order valence-corrected chi connectivity index (χ4v) is 2.48. The van der Waals surface area contributed by atoms with Crippen LogP contribution in [-0.2, 0) is 6.18 Å². The molecule has 26 heavy (non-hydrogen) atoms. The second-order valence-corrected chi connectivity index (χ2v) is 5.49. The standard InChI is InChI=1S/C18H12F5N3/c19-11-5-4-10-2-1-3-16(13(10)8-11)26-17(24)25-12-6-7-15(20)14(9-12)18(21,22)23/h1-9H,(H3,24,25,26). The van der Waals surface area contributed by atoms with Gasteiger partial charge in [-0.2, -0.15) is 13.2 Å². The maximum atomic E-state index is 13.5. The van der Waals surface area contributed by atoms with E-state index in [4.69, 9.17) is 5.41 Å². The molecule has 0 fully saturated rings.